The van der Waals surface area contributed by atoms with Gasteiger partial charge in [0.15, 0.2) is 0 Å². The number of rotatable bonds is 6. The van der Waals surface area contributed by atoms with E-state index in [1.165, 1.54) is 59.1 Å². The molecule has 8 heteroatoms. The zero-order chi connectivity index (χ0) is 29.1. The fourth-order valence-corrected chi connectivity index (χ4v) is 3.07. The van der Waals surface area contributed by atoms with E-state index in [1.807, 2.05) is 0 Å². The van der Waals surface area contributed by atoms with Crippen molar-refractivity contribution in [3.05, 3.63) is 57.1 Å². The summed E-state index contributed by atoms with van der Waals surface area (Å²) < 4.78 is 0. The van der Waals surface area contributed by atoms with Crippen LogP contribution >= 0.6 is 0 Å². The van der Waals surface area contributed by atoms with Crippen LogP contribution in [0.15, 0.2) is 33.4 Å². The Morgan fingerprint density at radius 3 is 0.850 bits per heavy atom. The minimum atomic E-state index is 0. The first-order valence-corrected chi connectivity index (χ1v) is 18.9. The predicted molar refractivity (Wildman–Crippen MR) is 175 cm³/mol. The summed E-state index contributed by atoms with van der Waals surface area (Å²) in [5.41, 5.74) is 21.9. The fraction of sp³-hybridized carbons (Fsp3) is 0.750. The van der Waals surface area contributed by atoms with Gasteiger partial charge in [-0.15, -0.1) is 13.8 Å². The van der Waals surface area contributed by atoms with Gasteiger partial charge in [0.25, 0.3) is 0 Å². The molecule has 0 aliphatic heterocycles. The molecule has 2 radical (unpaired) electrons. The molecule has 0 bridgehead atoms. The van der Waals surface area contributed by atoms with Crippen LogP contribution in [0.4, 0.5) is 0 Å². The molecular formula is C32H64Cl2Hf2N2Si2-6. The Hall–Kier alpha value is 1.63. The molecule has 0 spiro atoms. The molecule has 2 nitrogen and oxygen atoms in total. The van der Waals surface area contributed by atoms with Crippen LogP contribution in [0, 0.1) is 24.0 Å². The first kappa shape index (κ1) is 60.8. The second kappa shape index (κ2) is 45.1. The summed E-state index contributed by atoms with van der Waals surface area (Å²) in [7, 11) is 1.50. The van der Waals surface area contributed by atoms with Gasteiger partial charge in [-0.3, -0.25) is 12.2 Å². The quantitative estimate of drug-likeness (QED) is 0.206. The van der Waals surface area contributed by atoms with Gasteiger partial charge in [0.05, 0.1) is 0 Å². The van der Waals surface area contributed by atoms with E-state index in [4.69, 9.17) is 11.5 Å². The Morgan fingerprint density at radius 1 is 0.575 bits per heavy atom. The van der Waals surface area contributed by atoms with E-state index in [0.29, 0.717) is 24.9 Å². The summed E-state index contributed by atoms with van der Waals surface area (Å²) in [6, 6.07) is 0. The van der Waals surface area contributed by atoms with Crippen LogP contribution < -0.4 is 24.8 Å². The standard InChI is InChI=1S/2C9H13.2C5H12N.2C2H7Si.2ClH.2Hf/c2*1-6-5-7(2)9(4)8(6)3;2*1-2-3-4-5-6;2*1-3-2;;;;/h2*6H,1-4H3;2*6H,2-5H2,1H3;2*3H,1-2H3;2*1H;;/q4*-1;;;;;;/p-2. The maximum atomic E-state index is 6.71. The van der Waals surface area contributed by atoms with Crippen molar-refractivity contribution >= 4 is 19.0 Å². The zero-order valence-corrected chi connectivity index (χ0v) is 39.7. The third kappa shape index (κ3) is 37.7. The molecule has 0 aromatic rings. The molecule has 2 aliphatic carbocycles. The molecule has 2 N–H and O–H groups in total. The number of allylic oxidation sites excluding steroid dienone is 8. The summed E-state index contributed by atoms with van der Waals surface area (Å²) in [4.78, 5) is 0. The van der Waals surface area contributed by atoms with E-state index in [1.54, 1.807) is 0 Å². The van der Waals surface area contributed by atoms with Gasteiger partial charge in [0.2, 0.25) is 0 Å². The molecule has 0 fully saturated rings. The van der Waals surface area contributed by atoms with Crippen molar-refractivity contribution in [3.63, 3.8) is 0 Å². The minimum Gasteiger partial charge on any atom is -1.00 e. The molecule has 0 heterocycles. The average molecular weight is 961 g/mol. The summed E-state index contributed by atoms with van der Waals surface area (Å²) in [5, 5.41) is 0. The van der Waals surface area contributed by atoms with Crippen molar-refractivity contribution < 1.29 is 76.5 Å². The van der Waals surface area contributed by atoms with E-state index in [-0.39, 0.29) is 76.5 Å². The van der Waals surface area contributed by atoms with E-state index < -0.39 is 0 Å². The molecule has 2 rings (SSSR count). The number of halogens is 2. The van der Waals surface area contributed by atoms with Crippen molar-refractivity contribution in [2.24, 2.45) is 11.8 Å². The van der Waals surface area contributed by atoms with Crippen molar-refractivity contribution in [1.82, 2.24) is 0 Å². The molecule has 0 aromatic heterocycles. The SMILES string of the molecule is CC1=[C-]C(C)C(C)=C1C.CC1=[C-]C(C)C(C)=C1C.CCCCC[NH-].CCCCC[NH-].C[SiH]C.C[SiH]C.[Cl-].[Cl-].[Hf].[Hf]. The smallest absolute Gasteiger partial charge is 0.0213 e. The normalized spacial score (nSPS) is 15.8. The van der Waals surface area contributed by atoms with Gasteiger partial charge in [-0.25, -0.2) is 11.1 Å². The molecule has 40 heavy (non-hydrogen) atoms. The van der Waals surface area contributed by atoms with E-state index in [2.05, 4.69) is 108 Å². The second-order valence-corrected chi connectivity index (χ2v) is 12.0. The van der Waals surface area contributed by atoms with Gasteiger partial charge in [-0.2, -0.15) is 35.4 Å². The molecular weight excluding hydrogens is 896 g/mol. The van der Waals surface area contributed by atoms with Crippen molar-refractivity contribution in [3.8, 4) is 0 Å². The first-order valence-electron chi connectivity index (χ1n) is 14.2. The van der Waals surface area contributed by atoms with Crippen LogP contribution in [0.5, 0.6) is 0 Å². The second-order valence-electron chi connectivity index (χ2n) is 9.67. The van der Waals surface area contributed by atoms with Crippen molar-refractivity contribution in [1.29, 1.82) is 0 Å². The number of hydrogen-bond acceptors (Lipinski definition) is 0. The summed E-state index contributed by atoms with van der Waals surface area (Å²) >= 11 is 0. The largest absolute Gasteiger partial charge is 1.00 e. The molecule has 238 valence electrons. The molecule has 2 unspecified atom stereocenters. The monoisotopic (exact) mass is 962 g/mol. The van der Waals surface area contributed by atoms with Crippen molar-refractivity contribution in [2.75, 3.05) is 13.1 Å². The van der Waals surface area contributed by atoms with Gasteiger partial charge < -0.3 is 36.3 Å². The Bertz CT molecular complexity index is 576. The fourth-order valence-electron chi connectivity index (χ4n) is 3.07. The van der Waals surface area contributed by atoms with Crippen LogP contribution in [0.3, 0.4) is 0 Å². The maximum Gasteiger partial charge on any atom is 0.0213 e. The first-order chi connectivity index (χ1) is 16.9. The van der Waals surface area contributed by atoms with Crippen LogP contribution in [0.1, 0.15) is 108 Å². The number of nitrogens with one attached hydrogen (secondary N) is 2. The summed E-state index contributed by atoms with van der Waals surface area (Å²) in [5.74, 6) is 1.12. The van der Waals surface area contributed by atoms with Crippen LogP contribution in [0.25, 0.3) is 11.5 Å². The third-order valence-corrected chi connectivity index (χ3v) is 6.03. The molecule has 0 saturated carbocycles. The zero-order valence-electron chi connectivity index (χ0n) is 28.7. The Morgan fingerprint density at radius 2 is 0.800 bits per heavy atom. The molecule has 2 aliphatic rings. The molecule has 2 atom stereocenters. The number of unbranched alkanes of at least 4 members (excludes halogenated alkanes) is 4. The van der Waals surface area contributed by atoms with E-state index in [9.17, 15) is 0 Å². The maximum absolute atomic E-state index is 6.71. The van der Waals surface area contributed by atoms with Gasteiger partial charge >= 0.3 is 0 Å². The molecule has 0 amide bonds. The predicted octanol–water partition coefficient (Wildman–Crippen LogP) is 4.94. The molecule has 0 aromatic carbocycles. The summed E-state index contributed by atoms with van der Waals surface area (Å²) in [6.07, 6.45) is 13.8. The third-order valence-electron chi connectivity index (χ3n) is 6.03. The van der Waals surface area contributed by atoms with Crippen molar-refractivity contribution in [2.45, 2.75) is 134 Å². The van der Waals surface area contributed by atoms with Crippen LogP contribution in [-0.4, -0.2) is 32.1 Å². The van der Waals surface area contributed by atoms with Crippen LogP contribution in [0.2, 0.25) is 26.2 Å². The Kier molecular flexibility index (Phi) is 68.5. The van der Waals surface area contributed by atoms with Gasteiger partial charge in [0, 0.05) is 70.7 Å². The topological polar surface area (TPSA) is 47.6 Å². The Balaban J connectivity index is -0.0000000524. The molecule has 0 saturated heterocycles. The van der Waals surface area contributed by atoms with Gasteiger partial charge in [-0.05, 0) is 0 Å². The van der Waals surface area contributed by atoms with Gasteiger partial charge in [-0.1, -0.05) is 132 Å². The van der Waals surface area contributed by atoms with E-state index in [0.717, 1.165) is 31.9 Å². The Labute approximate surface area is 308 Å². The summed E-state index contributed by atoms with van der Waals surface area (Å²) in [6.45, 7) is 31.7. The van der Waals surface area contributed by atoms with Gasteiger partial charge in [0.1, 0.15) is 0 Å². The minimum absolute atomic E-state index is 0. The average Bonchev–Trinajstić information content (AvgIpc) is 3.20. The number of hydrogen-bond donors (Lipinski definition) is 0. The van der Waals surface area contributed by atoms with Crippen LogP contribution in [-0.2, 0) is 51.7 Å². The van der Waals surface area contributed by atoms with E-state index >= 15 is 0 Å².